The molecule has 0 radical (unpaired) electrons. The summed E-state index contributed by atoms with van der Waals surface area (Å²) in [7, 11) is 4.03. The Morgan fingerprint density at radius 3 is 2.69 bits per heavy atom. The van der Waals surface area contributed by atoms with Crippen LogP contribution in [-0.4, -0.2) is 47.9 Å². The lowest BCUT2D eigenvalue weighted by atomic mass is 10.2. The van der Waals surface area contributed by atoms with Crippen molar-refractivity contribution < 1.29 is 8.81 Å². The molecule has 32 heavy (non-hydrogen) atoms. The SMILES string of the molecule is CC(=Nc1cc(NCCN(C)C)nc(/C=C/c2ccc(F)cc2)n1)NNCc1ccco1. The van der Waals surface area contributed by atoms with Gasteiger partial charge >= 0.3 is 0 Å². The number of hydrogen-bond acceptors (Lipinski definition) is 7. The van der Waals surface area contributed by atoms with Crippen LogP contribution in [0.3, 0.4) is 0 Å². The minimum atomic E-state index is -0.272. The van der Waals surface area contributed by atoms with Gasteiger partial charge in [0.05, 0.1) is 12.8 Å². The molecule has 9 heteroatoms. The molecule has 3 rings (SSSR count). The third-order valence-electron chi connectivity index (χ3n) is 4.28. The summed E-state index contributed by atoms with van der Waals surface area (Å²) in [6, 6.07) is 11.7. The number of nitrogens with one attached hydrogen (secondary N) is 3. The number of hydrogen-bond donors (Lipinski definition) is 3. The molecule has 3 N–H and O–H groups in total. The van der Waals surface area contributed by atoms with Gasteiger partial charge in [-0.25, -0.2) is 24.8 Å². The molecule has 0 fully saturated rings. The first-order chi connectivity index (χ1) is 15.5. The van der Waals surface area contributed by atoms with Gasteiger partial charge < -0.3 is 20.1 Å². The molecule has 0 aliphatic heterocycles. The third kappa shape index (κ3) is 7.93. The van der Waals surface area contributed by atoms with Gasteiger partial charge in [0.15, 0.2) is 11.6 Å². The smallest absolute Gasteiger partial charge is 0.160 e. The largest absolute Gasteiger partial charge is 0.468 e. The van der Waals surface area contributed by atoms with Gasteiger partial charge in [-0.1, -0.05) is 18.2 Å². The second-order valence-corrected chi connectivity index (χ2v) is 7.34. The maximum Gasteiger partial charge on any atom is 0.160 e. The minimum Gasteiger partial charge on any atom is -0.468 e. The molecule has 0 unspecified atom stereocenters. The highest BCUT2D eigenvalue weighted by atomic mass is 19.1. The zero-order chi connectivity index (χ0) is 22.8. The van der Waals surface area contributed by atoms with Gasteiger partial charge in [0.2, 0.25) is 0 Å². The quantitative estimate of drug-likeness (QED) is 0.253. The van der Waals surface area contributed by atoms with Crippen molar-refractivity contribution in [3.8, 4) is 0 Å². The standard InChI is InChI=1S/C23H28FN7O/c1-17(30-26-16-20-5-4-14-32-20)27-23-15-22(25-12-13-31(2)3)28-21(29-23)11-8-18-6-9-19(24)10-7-18/h4-11,14-15,26H,12-13,16H2,1-3H3,(H2,25,27,28,29,30)/b11-8+. The van der Waals surface area contributed by atoms with E-state index in [9.17, 15) is 4.39 Å². The van der Waals surface area contributed by atoms with Crippen LogP contribution >= 0.6 is 0 Å². The van der Waals surface area contributed by atoms with Crippen LogP contribution < -0.4 is 16.2 Å². The molecule has 1 aromatic carbocycles. The van der Waals surface area contributed by atoms with Crippen molar-refractivity contribution >= 4 is 29.6 Å². The van der Waals surface area contributed by atoms with Gasteiger partial charge in [0, 0.05) is 19.2 Å². The average molecular weight is 438 g/mol. The Morgan fingerprint density at radius 1 is 1.16 bits per heavy atom. The van der Waals surface area contributed by atoms with Crippen LogP contribution in [0.15, 0.2) is 58.1 Å². The van der Waals surface area contributed by atoms with Gasteiger partial charge in [-0.2, -0.15) is 0 Å². The van der Waals surface area contributed by atoms with E-state index in [2.05, 4.69) is 36.0 Å². The number of hydrazine groups is 1. The molecule has 3 aromatic rings. The highest BCUT2D eigenvalue weighted by Crippen LogP contribution is 2.16. The molecular weight excluding hydrogens is 409 g/mol. The number of benzene rings is 1. The van der Waals surface area contributed by atoms with Gasteiger partial charge in [0.1, 0.15) is 23.2 Å². The van der Waals surface area contributed by atoms with Crippen LogP contribution in [0.4, 0.5) is 16.0 Å². The van der Waals surface area contributed by atoms with E-state index in [1.165, 1.54) is 12.1 Å². The lowest BCUT2D eigenvalue weighted by Gasteiger charge is -2.12. The molecule has 2 aromatic heterocycles. The lowest BCUT2D eigenvalue weighted by molar-refractivity contribution is 0.425. The zero-order valence-corrected chi connectivity index (χ0v) is 18.5. The molecule has 0 spiro atoms. The van der Waals surface area contributed by atoms with E-state index in [1.807, 2.05) is 39.2 Å². The van der Waals surface area contributed by atoms with Crippen molar-refractivity contribution in [2.24, 2.45) is 4.99 Å². The summed E-state index contributed by atoms with van der Waals surface area (Å²) in [5.41, 5.74) is 6.93. The van der Waals surface area contributed by atoms with Crippen LogP contribution in [-0.2, 0) is 6.54 Å². The number of amidine groups is 1. The van der Waals surface area contributed by atoms with E-state index in [4.69, 9.17) is 4.42 Å². The summed E-state index contributed by atoms with van der Waals surface area (Å²) in [4.78, 5) is 15.7. The Kier molecular flexibility index (Phi) is 8.47. The third-order valence-corrected chi connectivity index (χ3v) is 4.28. The Morgan fingerprint density at radius 2 is 1.97 bits per heavy atom. The number of rotatable bonds is 10. The van der Waals surface area contributed by atoms with Gasteiger partial charge in [-0.15, -0.1) is 0 Å². The van der Waals surface area contributed by atoms with Crippen LogP contribution in [0.25, 0.3) is 12.2 Å². The molecule has 0 saturated heterocycles. The molecule has 168 valence electrons. The van der Waals surface area contributed by atoms with Crippen molar-refractivity contribution in [3.63, 3.8) is 0 Å². The Balaban J connectivity index is 1.73. The summed E-state index contributed by atoms with van der Waals surface area (Å²) in [6.45, 7) is 3.95. The second kappa shape index (κ2) is 11.7. The van der Waals surface area contributed by atoms with Crippen molar-refractivity contribution in [2.75, 3.05) is 32.5 Å². The zero-order valence-electron chi connectivity index (χ0n) is 18.5. The number of anilines is 1. The summed E-state index contributed by atoms with van der Waals surface area (Å²) in [6.07, 6.45) is 5.24. The fraction of sp³-hybridized carbons (Fsp3) is 0.261. The average Bonchev–Trinajstić information content (AvgIpc) is 3.26. The van der Waals surface area contributed by atoms with E-state index in [-0.39, 0.29) is 5.82 Å². The molecule has 8 nitrogen and oxygen atoms in total. The first kappa shape index (κ1) is 23.1. The predicted molar refractivity (Wildman–Crippen MR) is 126 cm³/mol. The van der Waals surface area contributed by atoms with Crippen LogP contribution in [0.2, 0.25) is 0 Å². The molecular formula is C23H28FN7O. The maximum atomic E-state index is 13.1. The van der Waals surface area contributed by atoms with Gasteiger partial charge in [-0.3, -0.25) is 0 Å². The number of aliphatic imine (C=N–C) groups is 1. The van der Waals surface area contributed by atoms with Crippen molar-refractivity contribution in [1.82, 2.24) is 25.7 Å². The Bertz CT molecular complexity index is 1030. The first-order valence-corrected chi connectivity index (χ1v) is 10.3. The number of aromatic nitrogens is 2. The van der Waals surface area contributed by atoms with E-state index in [1.54, 1.807) is 30.5 Å². The first-order valence-electron chi connectivity index (χ1n) is 10.3. The van der Waals surface area contributed by atoms with Gasteiger partial charge in [0.25, 0.3) is 0 Å². The van der Waals surface area contributed by atoms with E-state index < -0.39 is 0 Å². The molecule has 2 heterocycles. The van der Waals surface area contributed by atoms with Crippen molar-refractivity contribution in [1.29, 1.82) is 0 Å². The highest BCUT2D eigenvalue weighted by molar-refractivity contribution is 5.81. The van der Waals surface area contributed by atoms with Crippen LogP contribution in [0.5, 0.6) is 0 Å². The molecule has 0 bridgehead atoms. The lowest BCUT2D eigenvalue weighted by Crippen LogP contribution is -2.35. The predicted octanol–water partition coefficient (Wildman–Crippen LogP) is 3.70. The fourth-order valence-corrected chi connectivity index (χ4v) is 2.70. The Labute approximate surface area is 187 Å². The van der Waals surface area contributed by atoms with E-state index in [0.29, 0.717) is 29.8 Å². The Hall–Kier alpha value is -3.56. The molecule has 0 saturated carbocycles. The summed E-state index contributed by atoms with van der Waals surface area (Å²) < 4.78 is 18.4. The minimum absolute atomic E-state index is 0.272. The number of furan rings is 1. The molecule has 0 amide bonds. The fourth-order valence-electron chi connectivity index (χ4n) is 2.70. The van der Waals surface area contributed by atoms with Crippen LogP contribution in [0, 0.1) is 5.82 Å². The highest BCUT2D eigenvalue weighted by Gasteiger charge is 2.04. The number of likely N-dealkylation sites (N-methyl/N-ethyl adjacent to an activating group) is 1. The van der Waals surface area contributed by atoms with E-state index >= 15 is 0 Å². The van der Waals surface area contributed by atoms with Crippen LogP contribution in [0.1, 0.15) is 24.1 Å². The summed E-state index contributed by atoms with van der Waals surface area (Å²) >= 11 is 0. The maximum absolute atomic E-state index is 13.1. The van der Waals surface area contributed by atoms with Crippen molar-refractivity contribution in [2.45, 2.75) is 13.5 Å². The van der Waals surface area contributed by atoms with E-state index in [0.717, 1.165) is 24.4 Å². The molecule has 0 aliphatic rings. The topological polar surface area (TPSA) is 90.6 Å². The summed E-state index contributed by atoms with van der Waals surface area (Å²) in [5.74, 6) is 2.87. The van der Waals surface area contributed by atoms with Gasteiger partial charge in [-0.05, 0) is 56.9 Å². The normalized spacial score (nSPS) is 12.0. The van der Waals surface area contributed by atoms with Crippen molar-refractivity contribution in [3.05, 3.63) is 71.7 Å². The number of halogens is 1. The molecule has 0 atom stereocenters. The second-order valence-electron chi connectivity index (χ2n) is 7.34. The summed E-state index contributed by atoms with van der Waals surface area (Å²) in [5, 5.41) is 3.30. The monoisotopic (exact) mass is 437 g/mol. The molecule has 0 aliphatic carbocycles. The number of nitrogens with zero attached hydrogens (tertiary/aromatic N) is 4.